The highest BCUT2D eigenvalue weighted by Crippen LogP contribution is 2.08. The highest BCUT2D eigenvalue weighted by molar-refractivity contribution is 5.87. The van der Waals surface area contributed by atoms with Crippen LogP contribution in [0.15, 0.2) is 5.16 Å². The molecular weight excluding hydrogens is 216 g/mol. The molecule has 0 heterocycles. The number of nitrogens with zero attached hydrogens (tertiary/aromatic N) is 1. The average molecular weight is 244 g/mol. The topological polar surface area (TPSA) is 53.8 Å². The number of aliphatic hydroxyl groups is 1. The van der Waals surface area contributed by atoms with Crippen molar-refractivity contribution in [2.45, 2.75) is 53.7 Å². The van der Waals surface area contributed by atoms with Gasteiger partial charge in [-0.15, -0.1) is 0 Å². The molecule has 0 radical (unpaired) electrons. The Hall–Kier alpha value is -0.610. The van der Waals surface area contributed by atoms with Crippen LogP contribution in [0.5, 0.6) is 0 Å². The zero-order valence-corrected chi connectivity index (χ0v) is 12.0. The van der Waals surface area contributed by atoms with Crippen molar-refractivity contribution in [2.24, 2.45) is 17.0 Å². The van der Waals surface area contributed by atoms with Gasteiger partial charge in [-0.05, 0) is 11.8 Å². The second-order valence-corrected chi connectivity index (χ2v) is 5.34. The SMILES string of the molecule is CC(C)NC[C@H](O)CON=C(C(C)C)C(C)C. The summed E-state index contributed by atoms with van der Waals surface area (Å²) in [7, 11) is 0. The number of aliphatic hydroxyl groups excluding tert-OH is 1. The predicted octanol–water partition coefficient (Wildman–Crippen LogP) is 2.03. The summed E-state index contributed by atoms with van der Waals surface area (Å²) in [5.74, 6) is 0.752. The molecule has 0 amide bonds. The number of hydrogen-bond acceptors (Lipinski definition) is 4. The highest BCUT2D eigenvalue weighted by atomic mass is 16.6. The Morgan fingerprint density at radius 3 is 2.06 bits per heavy atom. The summed E-state index contributed by atoms with van der Waals surface area (Å²) in [6.07, 6.45) is -0.512. The van der Waals surface area contributed by atoms with Gasteiger partial charge in [-0.25, -0.2) is 0 Å². The molecule has 0 bridgehead atoms. The molecule has 4 nitrogen and oxygen atoms in total. The Morgan fingerprint density at radius 1 is 1.12 bits per heavy atom. The molecule has 0 aliphatic carbocycles. The fourth-order valence-corrected chi connectivity index (χ4v) is 1.51. The van der Waals surface area contributed by atoms with E-state index in [0.717, 1.165) is 5.71 Å². The van der Waals surface area contributed by atoms with Crippen molar-refractivity contribution < 1.29 is 9.94 Å². The zero-order chi connectivity index (χ0) is 13.4. The van der Waals surface area contributed by atoms with Crippen LogP contribution in [0, 0.1) is 11.8 Å². The summed E-state index contributed by atoms with van der Waals surface area (Å²) in [5.41, 5.74) is 1.04. The minimum atomic E-state index is -0.512. The summed E-state index contributed by atoms with van der Waals surface area (Å²) < 4.78 is 0. The summed E-state index contributed by atoms with van der Waals surface area (Å²) in [6.45, 7) is 13.2. The lowest BCUT2D eigenvalue weighted by atomic mass is 9.98. The standard InChI is InChI=1S/C13H28N2O2/c1-9(2)13(10(3)4)15-17-8-12(16)7-14-11(5)6/h9-12,14,16H,7-8H2,1-6H3/t12-/m0/s1. The molecule has 0 spiro atoms. The van der Waals surface area contributed by atoms with Gasteiger partial charge in [-0.3, -0.25) is 0 Å². The largest absolute Gasteiger partial charge is 0.393 e. The molecule has 2 N–H and O–H groups in total. The zero-order valence-electron chi connectivity index (χ0n) is 12.0. The lowest BCUT2D eigenvalue weighted by Crippen LogP contribution is -2.34. The Bertz CT molecular complexity index is 215. The second kappa shape index (κ2) is 8.48. The van der Waals surface area contributed by atoms with E-state index in [-0.39, 0.29) is 6.61 Å². The van der Waals surface area contributed by atoms with Gasteiger partial charge in [0.1, 0.15) is 12.7 Å². The number of rotatable bonds is 8. The van der Waals surface area contributed by atoms with Crippen LogP contribution in [0.3, 0.4) is 0 Å². The van der Waals surface area contributed by atoms with Crippen LogP contribution in [0.1, 0.15) is 41.5 Å². The first-order valence-electron chi connectivity index (χ1n) is 6.45. The highest BCUT2D eigenvalue weighted by Gasteiger charge is 2.11. The van der Waals surface area contributed by atoms with Gasteiger partial charge < -0.3 is 15.3 Å². The van der Waals surface area contributed by atoms with E-state index in [9.17, 15) is 5.11 Å². The van der Waals surface area contributed by atoms with E-state index in [1.165, 1.54) is 0 Å². The van der Waals surface area contributed by atoms with E-state index in [1.807, 2.05) is 13.8 Å². The maximum Gasteiger partial charge on any atom is 0.144 e. The number of hydrogen-bond donors (Lipinski definition) is 2. The second-order valence-electron chi connectivity index (χ2n) is 5.34. The molecule has 0 saturated carbocycles. The molecule has 0 fully saturated rings. The van der Waals surface area contributed by atoms with Crippen molar-refractivity contribution >= 4 is 5.71 Å². The summed E-state index contributed by atoms with van der Waals surface area (Å²) in [6, 6.07) is 0.370. The molecule has 0 aromatic rings. The van der Waals surface area contributed by atoms with Crippen LogP contribution in [0.4, 0.5) is 0 Å². The van der Waals surface area contributed by atoms with Crippen LogP contribution >= 0.6 is 0 Å². The van der Waals surface area contributed by atoms with Crippen molar-refractivity contribution in [3.8, 4) is 0 Å². The summed E-state index contributed by atoms with van der Waals surface area (Å²) >= 11 is 0. The quantitative estimate of drug-likeness (QED) is 0.507. The van der Waals surface area contributed by atoms with E-state index < -0.39 is 6.10 Å². The van der Waals surface area contributed by atoms with Crippen LogP contribution in [0.2, 0.25) is 0 Å². The first-order valence-corrected chi connectivity index (χ1v) is 6.45. The molecule has 102 valence electrons. The van der Waals surface area contributed by atoms with Crippen LogP contribution in [-0.2, 0) is 4.84 Å². The molecule has 0 aliphatic heterocycles. The van der Waals surface area contributed by atoms with Crippen LogP contribution < -0.4 is 5.32 Å². The minimum Gasteiger partial charge on any atom is -0.393 e. The molecule has 0 saturated heterocycles. The van der Waals surface area contributed by atoms with Gasteiger partial charge in [0.2, 0.25) is 0 Å². The predicted molar refractivity (Wildman–Crippen MR) is 72.2 cm³/mol. The third-order valence-corrected chi connectivity index (χ3v) is 2.38. The molecule has 0 unspecified atom stereocenters. The first-order chi connectivity index (χ1) is 7.84. The average Bonchev–Trinajstić information content (AvgIpc) is 2.20. The van der Waals surface area contributed by atoms with Gasteiger partial charge in [0, 0.05) is 12.6 Å². The fraction of sp³-hybridized carbons (Fsp3) is 0.923. The number of oxime groups is 1. The van der Waals surface area contributed by atoms with Crippen molar-refractivity contribution in [3.05, 3.63) is 0 Å². The lowest BCUT2D eigenvalue weighted by molar-refractivity contribution is 0.0383. The smallest absolute Gasteiger partial charge is 0.144 e. The Kier molecular flexibility index (Phi) is 8.17. The van der Waals surface area contributed by atoms with Crippen molar-refractivity contribution in [1.82, 2.24) is 5.32 Å². The molecular formula is C13H28N2O2. The van der Waals surface area contributed by atoms with Gasteiger partial charge in [0.05, 0.1) is 5.71 Å². The van der Waals surface area contributed by atoms with Crippen molar-refractivity contribution in [1.29, 1.82) is 0 Å². The first kappa shape index (κ1) is 16.4. The van der Waals surface area contributed by atoms with E-state index >= 15 is 0 Å². The van der Waals surface area contributed by atoms with Crippen LogP contribution in [-0.4, -0.2) is 36.1 Å². The van der Waals surface area contributed by atoms with Gasteiger partial charge in [-0.2, -0.15) is 0 Å². The van der Waals surface area contributed by atoms with Gasteiger partial charge in [-0.1, -0.05) is 46.7 Å². The van der Waals surface area contributed by atoms with E-state index in [0.29, 0.717) is 24.4 Å². The van der Waals surface area contributed by atoms with Crippen molar-refractivity contribution in [2.75, 3.05) is 13.2 Å². The Balaban J connectivity index is 3.97. The van der Waals surface area contributed by atoms with E-state index in [2.05, 4.69) is 38.2 Å². The molecule has 4 heteroatoms. The Morgan fingerprint density at radius 2 is 1.65 bits per heavy atom. The molecule has 17 heavy (non-hydrogen) atoms. The summed E-state index contributed by atoms with van der Waals surface area (Å²) in [5, 5.41) is 16.9. The van der Waals surface area contributed by atoms with Crippen molar-refractivity contribution in [3.63, 3.8) is 0 Å². The van der Waals surface area contributed by atoms with Gasteiger partial charge in [0.15, 0.2) is 0 Å². The molecule has 0 aromatic carbocycles. The molecule has 0 aliphatic rings. The van der Waals surface area contributed by atoms with Crippen LogP contribution in [0.25, 0.3) is 0 Å². The number of nitrogens with one attached hydrogen (secondary N) is 1. The van der Waals surface area contributed by atoms with E-state index in [1.54, 1.807) is 0 Å². The Labute approximate surface area is 105 Å². The van der Waals surface area contributed by atoms with Gasteiger partial charge in [0.25, 0.3) is 0 Å². The fourth-order valence-electron chi connectivity index (χ4n) is 1.51. The minimum absolute atomic E-state index is 0.239. The van der Waals surface area contributed by atoms with E-state index in [4.69, 9.17) is 4.84 Å². The molecule has 0 aromatic heterocycles. The maximum absolute atomic E-state index is 9.63. The lowest BCUT2D eigenvalue weighted by Gasteiger charge is -2.15. The summed E-state index contributed by atoms with van der Waals surface area (Å²) in [4.78, 5) is 5.21. The third kappa shape index (κ3) is 8.16. The molecule has 0 rings (SSSR count). The maximum atomic E-state index is 9.63. The normalized spacial score (nSPS) is 13.3. The monoisotopic (exact) mass is 244 g/mol. The third-order valence-electron chi connectivity index (χ3n) is 2.38. The van der Waals surface area contributed by atoms with Gasteiger partial charge >= 0.3 is 0 Å². The molecule has 1 atom stereocenters.